The number of ether oxygens (including phenoxy) is 1. The molecule has 0 aliphatic rings. The summed E-state index contributed by atoms with van der Waals surface area (Å²) in [5, 5.41) is 0. The topological polar surface area (TPSA) is 52.3 Å². The van der Waals surface area contributed by atoms with Gasteiger partial charge in [-0.05, 0) is 13.8 Å². The summed E-state index contributed by atoms with van der Waals surface area (Å²) in [5.41, 5.74) is 5.77. The Morgan fingerprint density at radius 2 is 2.30 bits per heavy atom. The van der Waals surface area contributed by atoms with Crippen LogP contribution in [-0.2, 0) is 9.53 Å². The van der Waals surface area contributed by atoms with E-state index in [1.165, 1.54) is 0 Å². The van der Waals surface area contributed by atoms with Gasteiger partial charge in [0, 0.05) is 12.1 Å². The van der Waals surface area contributed by atoms with Gasteiger partial charge in [-0.25, -0.2) is 4.79 Å². The number of carbonyl (C=O) groups excluding carboxylic acids is 1. The lowest BCUT2D eigenvalue weighted by Crippen LogP contribution is -2.15. The highest BCUT2D eigenvalue weighted by Gasteiger charge is 2.05. The highest BCUT2D eigenvalue weighted by molar-refractivity contribution is 5.88. The Balaban J connectivity index is 3.91. The minimum absolute atomic E-state index is 0.245. The summed E-state index contributed by atoms with van der Waals surface area (Å²) in [6.07, 6.45) is 1.66. The molecule has 0 bridgehead atoms. The summed E-state index contributed by atoms with van der Waals surface area (Å²) in [4.78, 5) is 10.8. The Bertz CT molecular complexity index is 141. The number of rotatable bonds is 3. The third-order valence-electron chi connectivity index (χ3n) is 1.11. The van der Waals surface area contributed by atoms with Crippen molar-refractivity contribution in [1.82, 2.24) is 0 Å². The highest BCUT2D eigenvalue weighted by Crippen LogP contribution is 1.94. The van der Waals surface area contributed by atoms with Crippen LogP contribution in [0.4, 0.5) is 0 Å². The van der Waals surface area contributed by atoms with Crippen LogP contribution in [-0.4, -0.2) is 19.1 Å². The van der Waals surface area contributed by atoms with E-state index in [2.05, 4.69) is 0 Å². The smallest absolute Gasteiger partial charge is 0.334 e. The highest BCUT2D eigenvalue weighted by atomic mass is 16.5. The number of hydrogen-bond acceptors (Lipinski definition) is 3. The molecule has 0 rings (SSSR count). The Morgan fingerprint density at radius 1 is 1.70 bits per heavy atom. The van der Waals surface area contributed by atoms with Gasteiger partial charge in [0.1, 0.15) is 0 Å². The summed E-state index contributed by atoms with van der Waals surface area (Å²) in [7, 11) is 0. The van der Waals surface area contributed by atoms with Crippen molar-refractivity contribution in [1.29, 1.82) is 0 Å². The molecule has 0 aromatic rings. The molecule has 0 fully saturated rings. The number of nitrogens with two attached hydrogens (primary N) is 1. The second-order valence-electron chi connectivity index (χ2n) is 1.74. The molecule has 0 aromatic heterocycles. The van der Waals surface area contributed by atoms with Gasteiger partial charge in [0.15, 0.2) is 0 Å². The monoisotopic (exact) mass is 143 g/mol. The van der Waals surface area contributed by atoms with E-state index >= 15 is 0 Å². The van der Waals surface area contributed by atoms with Crippen LogP contribution in [0.2, 0.25) is 0 Å². The van der Waals surface area contributed by atoms with Crippen molar-refractivity contribution in [3.05, 3.63) is 11.6 Å². The van der Waals surface area contributed by atoms with Crippen LogP contribution in [0.15, 0.2) is 11.6 Å². The zero-order valence-corrected chi connectivity index (χ0v) is 6.39. The lowest BCUT2D eigenvalue weighted by molar-refractivity contribution is -0.138. The molecule has 2 N–H and O–H groups in total. The first-order chi connectivity index (χ1) is 4.76. The maximum absolute atomic E-state index is 10.8. The number of hydrogen-bond donors (Lipinski definition) is 1. The molecule has 0 saturated carbocycles. The van der Waals surface area contributed by atoms with Gasteiger partial charge in [0.25, 0.3) is 0 Å². The van der Waals surface area contributed by atoms with E-state index in [4.69, 9.17) is 10.5 Å². The summed E-state index contributed by atoms with van der Waals surface area (Å²) in [5.74, 6) is -0.312. The Hall–Kier alpha value is -0.830. The molecule has 0 amide bonds. The van der Waals surface area contributed by atoms with Crippen LogP contribution in [0.3, 0.4) is 0 Å². The van der Waals surface area contributed by atoms with Crippen molar-refractivity contribution >= 4 is 5.97 Å². The van der Waals surface area contributed by atoms with E-state index in [1.54, 1.807) is 19.9 Å². The van der Waals surface area contributed by atoms with E-state index in [-0.39, 0.29) is 12.5 Å². The lowest BCUT2D eigenvalue weighted by Gasteiger charge is -2.01. The van der Waals surface area contributed by atoms with Crippen LogP contribution in [0.5, 0.6) is 0 Å². The van der Waals surface area contributed by atoms with Crippen LogP contribution >= 0.6 is 0 Å². The average molecular weight is 143 g/mol. The standard InChI is InChI=1S/C7H13NO2/c1-3-6(5-8)7(9)10-4-2/h3H,4-5,8H2,1-2H3. The molecule has 0 aliphatic heterocycles. The molecule has 0 radical (unpaired) electrons. The second kappa shape index (κ2) is 4.99. The minimum atomic E-state index is -0.312. The van der Waals surface area contributed by atoms with Crippen LogP contribution < -0.4 is 5.73 Å². The third-order valence-corrected chi connectivity index (χ3v) is 1.11. The summed E-state index contributed by atoms with van der Waals surface area (Å²) >= 11 is 0. The van der Waals surface area contributed by atoms with Gasteiger partial charge in [0.05, 0.1) is 6.61 Å². The van der Waals surface area contributed by atoms with Crippen molar-refractivity contribution in [3.63, 3.8) is 0 Å². The Labute approximate surface area is 60.9 Å². The van der Waals surface area contributed by atoms with Crippen molar-refractivity contribution in [2.75, 3.05) is 13.2 Å². The summed E-state index contributed by atoms with van der Waals surface area (Å²) in [6, 6.07) is 0. The number of allylic oxidation sites excluding steroid dienone is 1. The van der Waals surface area contributed by atoms with E-state index in [9.17, 15) is 4.79 Å². The van der Waals surface area contributed by atoms with Crippen molar-refractivity contribution in [3.8, 4) is 0 Å². The average Bonchev–Trinajstić information content (AvgIpc) is 1.91. The molecule has 0 atom stereocenters. The molecular formula is C7H13NO2. The van der Waals surface area contributed by atoms with Crippen molar-refractivity contribution in [2.24, 2.45) is 5.73 Å². The van der Waals surface area contributed by atoms with E-state index in [1.807, 2.05) is 0 Å². The zero-order valence-electron chi connectivity index (χ0n) is 6.39. The van der Waals surface area contributed by atoms with Gasteiger partial charge < -0.3 is 10.5 Å². The Morgan fingerprint density at radius 3 is 2.60 bits per heavy atom. The maximum atomic E-state index is 10.8. The van der Waals surface area contributed by atoms with Crippen molar-refractivity contribution in [2.45, 2.75) is 13.8 Å². The van der Waals surface area contributed by atoms with Gasteiger partial charge in [-0.2, -0.15) is 0 Å². The fraction of sp³-hybridized carbons (Fsp3) is 0.571. The quantitative estimate of drug-likeness (QED) is 0.461. The molecule has 3 nitrogen and oxygen atoms in total. The molecule has 3 heteroatoms. The van der Waals surface area contributed by atoms with E-state index in [0.29, 0.717) is 12.2 Å². The van der Waals surface area contributed by atoms with Crippen LogP contribution in [0, 0.1) is 0 Å². The lowest BCUT2D eigenvalue weighted by atomic mass is 10.2. The molecule has 0 aliphatic carbocycles. The van der Waals surface area contributed by atoms with E-state index < -0.39 is 0 Å². The van der Waals surface area contributed by atoms with Gasteiger partial charge >= 0.3 is 5.97 Å². The number of carbonyl (C=O) groups is 1. The SMILES string of the molecule is CC=C(CN)C(=O)OCC. The second-order valence-corrected chi connectivity index (χ2v) is 1.74. The first-order valence-electron chi connectivity index (χ1n) is 3.28. The van der Waals surface area contributed by atoms with E-state index in [0.717, 1.165) is 0 Å². The van der Waals surface area contributed by atoms with Gasteiger partial charge in [0.2, 0.25) is 0 Å². The first kappa shape index (κ1) is 9.17. The predicted octanol–water partition coefficient (Wildman–Crippen LogP) is 0.454. The molecule has 58 valence electrons. The maximum Gasteiger partial charge on any atom is 0.334 e. The third kappa shape index (κ3) is 2.64. The molecule has 0 heterocycles. The Kier molecular flexibility index (Phi) is 4.58. The number of esters is 1. The van der Waals surface area contributed by atoms with Crippen LogP contribution in [0.1, 0.15) is 13.8 Å². The normalized spacial score (nSPS) is 11.3. The molecular weight excluding hydrogens is 130 g/mol. The first-order valence-corrected chi connectivity index (χ1v) is 3.28. The predicted molar refractivity (Wildman–Crippen MR) is 39.4 cm³/mol. The molecule has 10 heavy (non-hydrogen) atoms. The summed E-state index contributed by atoms with van der Waals surface area (Å²) in [6.45, 7) is 4.17. The van der Waals surface area contributed by atoms with Gasteiger partial charge in [-0.1, -0.05) is 6.08 Å². The van der Waals surface area contributed by atoms with Gasteiger partial charge in [-0.15, -0.1) is 0 Å². The largest absolute Gasteiger partial charge is 0.463 e. The molecule has 0 unspecified atom stereocenters. The molecule has 0 saturated heterocycles. The fourth-order valence-electron chi connectivity index (χ4n) is 0.543. The molecule has 0 aromatic carbocycles. The minimum Gasteiger partial charge on any atom is -0.463 e. The zero-order chi connectivity index (χ0) is 7.98. The van der Waals surface area contributed by atoms with Crippen molar-refractivity contribution < 1.29 is 9.53 Å². The van der Waals surface area contributed by atoms with Crippen LogP contribution in [0.25, 0.3) is 0 Å². The molecule has 0 spiro atoms. The fourth-order valence-corrected chi connectivity index (χ4v) is 0.543. The summed E-state index contributed by atoms with van der Waals surface area (Å²) < 4.78 is 4.70. The van der Waals surface area contributed by atoms with Gasteiger partial charge in [-0.3, -0.25) is 0 Å².